The minimum absolute atomic E-state index is 0.0513. The number of amides is 1. The number of aromatic nitrogens is 4. The van der Waals surface area contributed by atoms with Crippen molar-refractivity contribution in [2.45, 2.75) is 64.0 Å². The number of piperidine rings is 1. The number of pyridine rings is 1. The van der Waals surface area contributed by atoms with Gasteiger partial charge >= 0.3 is 6.01 Å². The first-order valence-corrected chi connectivity index (χ1v) is 11.2. The summed E-state index contributed by atoms with van der Waals surface area (Å²) < 4.78 is 10.8. The largest absolute Gasteiger partial charge is 0.442 e. The van der Waals surface area contributed by atoms with Gasteiger partial charge in [-0.25, -0.2) is 4.98 Å². The van der Waals surface area contributed by atoms with Gasteiger partial charge in [0.2, 0.25) is 0 Å². The Balaban J connectivity index is 1.26. The van der Waals surface area contributed by atoms with Gasteiger partial charge in [0.15, 0.2) is 18.0 Å². The molecule has 0 unspecified atom stereocenters. The molecule has 1 aliphatic carbocycles. The van der Waals surface area contributed by atoms with Gasteiger partial charge in [0, 0.05) is 36.8 Å². The molecule has 0 atom stereocenters. The first-order chi connectivity index (χ1) is 15.4. The summed E-state index contributed by atoms with van der Waals surface area (Å²) >= 11 is 0. The van der Waals surface area contributed by atoms with Crippen LogP contribution < -0.4 is 4.90 Å². The smallest absolute Gasteiger partial charge is 0.324 e. The summed E-state index contributed by atoms with van der Waals surface area (Å²) in [6, 6.07) is 4.73. The van der Waals surface area contributed by atoms with E-state index >= 15 is 0 Å². The highest BCUT2D eigenvalue weighted by Gasteiger charge is 2.39. The average molecular weight is 437 g/mol. The summed E-state index contributed by atoms with van der Waals surface area (Å²) in [7, 11) is 0. The Bertz CT molecular complexity index is 1060. The van der Waals surface area contributed by atoms with E-state index in [1.165, 1.54) is 6.39 Å². The zero-order valence-electron chi connectivity index (χ0n) is 18.7. The minimum atomic E-state index is -0.147. The van der Waals surface area contributed by atoms with E-state index in [9.17, 15) is 4.79 Å². The van der Waals surface area contributed by atoms with E-state index in [1.54, 1.807) is 12.4 Å². The number of carbonyl (C=O) groups excluding carboxylic acids is 1. The van der Waals surface area contributed by atoms with E-state index in [0.29, 0.717) is 34.9 Å². The van der Waals surface area contributed by atoms with Gasteiger partial charge in [-0.15, -0.1) is 0 Å². The van der Waals surface area contributed by atoms with E-state index in [1.807, 2.05) is 12.1 Å². The molecule has 0 bridgehead atoms. The van der Waals surface area contributed by atoms with Gasteiger partial charge in [0.25, 0.3) is 5.91 Å². The lowest BCUT2D eigenvalue weighted by Crippen LogP contribution is -2.48. The molecule has 9 nitrogen and oxygen atoms in total. The number of nitrogens with zero attached hydrogens (tertiary/aromatic N) is 6. The van der Waals surface area contributed by atoms with E-state index in [4.69, 9.17) is 8.94 Å². The van der Waals surface area contributed by atoms with Gasteiger partial charge < -0.3 is 18.7 Å². The predicted octanol–water partition coefficient (Wildman–Crippen LogP) is 3.69. The van der Waals surface area contributed by atoms with Crippen LogP contribution in [0.1, 0.15) is 62.6 Å². The summed E-state index contributed by atoms with van der Waals surface area (Å²) in [6.45, 7) is 7.78. The molecule has 3 aromatic heterocycles. The lowest BCUT2D eigenvalue weighted by Gasteiger charge is -2.38. The van der Waals surface area contributed by atoms with E-state index in [0.717, 1.165) is 38.8 Å². The Morgan fingerprint density at radius 2 is 1.84 bits per heavy atom. The molecule has 1 aliphatic heterocycles. The number of rotatable bonds is 5. The molecule has 2 fully saturated rings. The van der Waals surface area contributed by atoms with Gasteiger partial charge in [0.05, 0.1) is 11.8 Å². The third-order valence-corrected chi connectivity index (χ3v) is 6.08. The van der Waals surface area contributed by atoms with Crippen LogP contribution in [0.3, 0.4) is 0 Å². The van der Waals surface area contributed by atoms with Crippen molar-refractivity contribution in [1.29, 1.82) is 0 Å². The molecule has 0 aromatic carbocycles. The van der Waals surface area contributed by atoms with Gasteiger partial charge in [-0.1, -0.05) is 25.9 Å². The average Bonchev–Trinajstić information content (AvgIpc) is 3.26. The van der Waals surface area contributed by atoms with Crippen LogP contribution >= 0.6 is 0 Å². The monoisotopic (exact) mass is 436 g/mol. The molecule has 2 aliphatic rings. The Hall–Kier alpha value is -3.23. The maximum atomic E-state index is 13.4. The van der Waals surface area contributed by atoms with Gasteiger partial charge in [0.1, 0.15) is 5.69 Å². The van der Waals surface area contributed by atoms with Gasteiger partial charge in [-0.2, -0.15) is 4.98 Å². The van der Waals surface area contributed by atoms with Crippen molar-refractivity contribution in [3.05, 3.63) is 42.3 Å². The van der Waals surface area contributed by atoms with Crippen LogP contribution in [0.4, 0.5) is 6.01 Å². The maximum Gasteiger partial charge on any atom is 0.324 e. The van der Waals surface area contributed by atoms with Gasteiger partial charge in [-0.05, 0) is 37.8 Å². The van der Waals surface area contributed by atoms with Crippen LogP contribution in [-0.2, 0) is 5.41 Å². The second-order valence-corrected chi connectivity index (χ2v) is 9.61. The third-order valence-electron chi connectivity index (χ3n) is 6.08. The molecule has 32 heavy (non-hydrogen) atoms. The highest BCUT2D eigenvalue weighted by Crippen LogP contribution is 2.34. The van der Waals surface area contributed by atoms with Crippen molar-refractivity contribution in [2.24, 2.45) is 0 Å². The van der Waals surface area contributed by atoms with Gasteiger partial charge in [-0.3, -0.25) is 9.78 Å². The fraction of sp³-hybridized carbons (Fsp3) is 0.522. The van der Waals surface area contributed by atoms with Crippen LogP contribution in [-0.4, -0.2) is 56.1 Å². The molecule has 5 rings (SSSR count). The Morgan fingerprint density at radius 3 is 2.41 bits per heavy atom. The minimum Gasteiger partial charge on any atom is -0.442 e. The van der Waals surface area contributed by atoms with Crippen LogP contribution in [0.15, 0.2) is 39.9 Å². The number of carbonyl (C=O) groups is 1. The van der Waals surface area contributed by atoms with Crippen LogP contribution in [0.2, 0.25) is 0 Å². The number of hydrogen-bond donors (Lipinski definition) is 0. The Labute approximate surface area is 186 Å². The molecule has 0 spiro atoms. The van der Waals surface area contributed by atoms with E-state index in [-0.39, 0.29) is 17.4 Å². The fourth-order valence-corrected chi connectivity index (χ4v) is 4.12. The lowest BCUT2D eigenvalue weighted by molar-refractivity contribution is 0.0629. The molecule has 0 radical (unpaired) electrons. The molecule has 9 heteroatoms. The molecule has 1 saturated heterocycles. The Kier molecular flexibility index (Phi) is 5.19. The summed E-state index contributed by atoms with van der Waals surface area (Å²) in [5.41, 5.74) is 1.13. The molecule has 4 heterocycles. The van der Waals surface area contributed by atoms with Crippen molar-refractivity contribution < 1.29 is 13.7 Å². The lowest BCUT2D eigenvalue weighted by atomic mass is 9.96. The normalized spacial score (nSPS) is 17.5. The maximum absolute atomic E-state index is 13.4. The number of oxazole rings is 1. The predicted molar refractivity (Wildman–Crippen MR) is 117 cm³/mol. The molecular weight excluding hydrogens is 408 g/mol. The molecule has 1 saturated carbocycles. The zero-order valence-corrected chi connectivity index (χ0v) is 18.7. The summed E-state index contributed by atoms with van der Waals surface area (Å²) in [4.78, 5) is 30.5. The first-order valence-electron chi connectivity index (χ1n) is 11.2. The van der Waals surface area contributed by atoms with E-state index < -0.39 is 0 Å². The molecule has 3 aromatic rings. The molecule has 0 N–H and O–H groups in total. The number of anilines is 1. The van der Waals surface area contributed by atoms with Crippen molar-refractivity contribution in [2.75, 3.05) is 18.0 Å². The molecule has 168 valence electrons. The fourth-order valence-electron chi connectivity index (χ4n) is 4.12. The van der Waals surface area contributed by atoms with E-state index in [2.05, 4.69) is 50.7 Å². The molecule has 1 amide bonds. The van der Waals surface area contributed by atoms with Crippen molar-refractivity contribution in [1.82, 2.24) is 25.0 Å². The SMILES string of the molecule is CC(C)(C)c1noc(N2CCC(N(C(=O)c3ccc(-c4cnco4)nc3)C3CC3)CC2)n1. The zero-order chi connectivity index (χ0) is 22.3. The second-order valence-electron chi connectivity index (χ2n) is 9.61. The van der Waals surface area contributed by atoms with Crippen molar-refractivity contribution in [3.63, 3.8) is 0 Å². The van der Waals surface area contributed by atoms with Crippen LogP contribution in [0.5, 0.6) is 0 Å². The highest BCUT2D eigenvalue weighted by atomic mass is 16.5. The topological polar surface area (TPSA) is 101 Å². The Morgan fingerprint density at radius 1 is 1.09 bits per heavy atom. The summed E-state index contributed by atoms with van der Waals surface area (Å²) in [5.74, 6) is 1.35. The van der Waals surface area contributed by atoms with Crippen LogP contribution in [0, 0.1) is 0 Å². The molecular formula is C23H28N6O3. The summed E-state index contributed by atoms with van der Waals surface area (Å²) in [6.07, 6.45) is 8.50. The summed E-state index contributed by atoms with van der Waals surface area (Å²) in [5, 5.41) is 4.14. The highest BCUT2D eigenvalue weighted by molar-refractivity contribution is 5.94. The first kappa shape index (κ1) is 20.7. The second kappa shape index (κ2) is 8.03. The van der Waals surface area contributed by atoms with Crippen molar-refractivity contribution in [3.8, 4) is 11.5 Å². The van der Waals surface area contributed by atoms with Crippen LogP contribution in [0.25, 0.3) is 11.5 Å². The van der Waals surface area contributed by atoms with Crippen molar-refractivity contribution >= 4 is 11.9 Å². The third kappa shape index (κ3) is 4.11. The quantitative estimate of drug-likeness (QED) is 0.597. The standard InChI is InChI=1S/C23H28N6O3/c1-23(2,3)21-26-22(32-27-21)28-10-8-17(9-11-28)29(16-5-6-16)20(30)15-4-7-18(25-12-15)19-13-24-14-31-19/h4,7,12-14,16-17H,5-6,8-11H2,1-3H3. The number of hydrogen-bond acceptors (Lipinski definition) is 8.